The highest BCUT2D eigenvalue weighted by Crippen LogP contribution is 2.37. The van der Waals surface area contributed by atoms with Crippen LogP contribution < -0.4 is 0 Å². The van der Waals surface area contributed by atoms with Crippen LogP contribution in [0.4, 0.5) is 0 Å². The third kappa shape index (κ3) is 10.4. The van der Waals surface area contributed by atoms with Crippen molar-refractivity contribution < 1.29 is 27.7 Å². The van der Waals surface area contributed by atoms with Crippen molar-refractivity contribution in [3.05, 3.63) is 0 Å². The molecule has 0 aromatic carbocycles. The Morgan fingerprint density at radius 1 is 1.12 bits per heavy atom. The Hall–Kier alpha value is 0.490. The van der Waals surface area contributed by atoms with Gasteiger partial charge < -0.3 is 9.47 Å². The predicted octanol–water partition coefficient (Wildman–Crippen LogP) is 5.69. The van der Waals surface area contributed by atoms with Gasteiger partial charge in [-0.05, 0) is 31.6 Å². The molecule has 0 aromatic rings. The topological polar surface area (TPSA) is 66.4 Å². The van der Waals surface area contributed by atoms with Crippen molar-refractivity contribution >= 4 is 23.0 Å². The largest absolute Gasteiger partial charge is 0.348 e. The van der Waals surface area contributed by atoms with E-state index in [1.165, 1.54) is 39.2 Å². The number of halogens is 1. The van der Waals surface area contributed by atoms with E-state index in [-0.39, 0.29) is 11.9 Å². The lowest BCUT2D eigenvalue weighted by Crippen LogP contribution is -2.32. The van der Waals surface area contributed by atoms with Crippen LogP contribution in [0.15, 0.2) is 0 Å². The average Bonchev–Trinajstić information content (AvgIpc) is 3.26. The minimum atomic E-state index is -0.312. The maximum atomic E-state index is 7.07. The first-order chi connectivity index (χ1) is 12.2. The molecule has 2 rings (SSSR count). The molecule has 1 heterocycles. The van der Waals surface area contributed by atoms with Crippen molar-refractivity contribution in [2.75, 3.05) is 20.3 Å². The number of ether oxygens (including phenoxy) is 2. The van der Waals surface area contributed by atoms with E-state index in [0.717, 1.165) is 38.9 Å². The van der Waals surface area contributed by atoms with Gasteiger partial charge in [-0.25, -0.2) is 9.78 Å². The summed E-state index contributed by atoms with van der Waals surface area (Å²) in [6.07, 6.45) is 10.6. The van der Waals surface area contributed by atoms with E-state index in [1.807, 2.05) is 36.9 Å². The second kappa shape index (κ2) is 16.6. The first-order valence-electron chi connectivity index (χ1n) is 9.61. The summed E-state index contributed by atoms with van der Waals surface area (Å²) in [5.74, 6) is 0.272. The van der Waals surface area contributed by atoms with Gasteiger partial charge in [0.2, 0.25) is 0 Å². The fourth-order valence-electron chi connectivity index (χ4n) is 3.47. The number of unbranched alkanes of at least 4 members (excludes halogenated alkanes) is 2. The van der Waals surface area contributed by atoms with E-state index >= 15 is 0 Å². The van der Waals surface area contributed by atoms with Crippen molar-refractivity contribution in [2.45, 2.75) is 90.4 Å². The van der Waals surface area contributed by atoms with Gasteiger partial charge in [-0.1, -0.05) is 40.0 Å². The van der Waals surface area contributed by atoms with Crippen LogP contribution in [-0.2, 0) is 22.5 Å². The molecule has 2 fully saturated rings. The summed E-state index contributed by atoms with van der Waals surface area (Å²) >= 11 is 1.81. The quantitative estimate of drug-likeness (QED) is 0.200. The maximum absolute atomic E-state index is 7.07. The second-order valence-corrected chi connectivity index (χ2v) is 6.53. The van der Waals surface area contributed by atoms with E-state index in [1.54, 1.807) is 0 Å². The molecule has 0 spiro atoms. The summed E-state index contributed by atoms with van der Waals surface area (Å²) in [6.45, 7) is 7.72. The summed E-state index contributed by atoms with van der Waals surface area (Å²) in [4.78, 5) is 8.62. The van der Waals surface area contributed by atoms with Crippen LogP contribution in [0.2, 0.25) is 0 Å². The normalized spacial score (nSPS) is 24.2. The van der Waals surface area contributed by atoms with E-state index in [9.17, 15) is 0 Å². The standard InChI is InChI=1S/C15H27IO4.C2H6.CH4O2/c1-2-3-4-9-15(17-11-12-18-15)10-8-13-6-5-7-14(13)19-20-16;1-2;1-3-2/h13-14H,2-12H2,1H3;1-2H3;2H,1H3. The zero-order valence-electron chi connectivity index (χ0n) is 16.3. The lowest BCUT2D eigenvalue weighted by atomic mass is 9.93. The lowest BCUT2D eigenvalue weighted by molar-refractivity contribution is -0.222. The second-order valence-electron chi connectivity index (χ2n) is 6.17. The Morgan fingerprint density at radius 2 is 1.76 bits per heavy atom. The van der Waals surface area contributed by atoms with Gasteiger partial charge in [-0.3, -0.25) is 5.26 Å². The monoisotopic (exact) mass is 476 g/mol. The molecule has 0 radical (unpaired) electrons. The predicted molar refractivity (Wildman–Crippen MR) is 106 cm³/mol. The summed E-state index contributed by atoms with van der Waals surface area (Å²) in [5.41, 5.74) is 0. The fourth-order valence-corrected chi connectivity index (χ4v) is 3.73. The zero-order valence-corrected chi connectivity index (χ0v) is 18.5. The lowest BCUT2D eigenvalue weighted by Gasteiger charge is -2.29. The Bertz CT molecular complexity index is 287. The van der Waals surface area contributed by atoms with Crippen LogP contribution in [0.1, 0.15) is 78.6 Å². The van der Waals surface area contributed by atoms with Crippen LogP contribution >= 0.6 is 23.0 Å². The molecule has 1 saturated carbocycles. The molecule has 1 aliphatic carbocycles. The van der Waals surface area contributed by atoms with Crippen LogP contribution in [0.25, 0.3) is 0 Å². The van der Waals surface area contributed by atoms with Crippen LogP contribution in [0, 0.1) is 5.92 Å². The number of hydrogen-bond acceptors (Lipinski definition) is 6. The minimum Gasteiger partial charge on any atom is -0.348 e. The van der Waals surface area contributed by atoms with Gasteiger partial charge in [0.05, 0.1) is 26.4 Å². The third-order valence-electron chi connectivity index (χ3n) is 4.62. The third-order valence-corrected chi connectivity index (χ3v) is 4.83. The maximum Gasteiger partial charge on any atom is 0.168 e. The molecule has 2 aliphatic rings. The molecular weight excluding hydrogens is 439 g/mol. The fraction of sp³-hybridized carbons (Fsp3) is 1.00. The van der Waals surface area contributed by atoms with Gasteiger partial charge in [-0.15, -0.1) is 0 Å². The van der Waals surface area contributed by atoms with Gasteiger partial charge in [0.1, 0.15) is 0 Å². The number of hydrogen-bond donors (Lipinski definition) is 1. The summed E-state index contributed by atoms with van der Waals surface area (Å²) < 4.78 is 16.7. The molecule has 0 aromatic heterocycles. The van der Waals surface area contributed by atoms with Crippen molar-refractivity contribution in [2.24, 2.45) is 5.92 Å². The Morgan fingerprint density at radius 3 is 2.32 bits per heavy atom. The molecule has 0 amide bonds. The van der Waals surface area contributed by atoms with Gasteiger partial charge in [0, 0.05) is 12.8 Å². The smallest absolute Gasteiger partial charge is 0.168 e. The average molecular weight is 476 g/mol. The highest BCUT2D eigenvalue weighted by atomic mass is 127. The first kappa shape index (κ1) is 25.5. The van der Waals surface area contributed by atoms with Gasteiger partial charge in [0.25, 0.3) is 0 Å². The minimum absolute atomic E-state index is 0.251. The summed E-state index contributed by atoms with van der Waals surface area (Å²) in [6, 6.07) is 0. The molecule has 152 valence electrons. The molecule has 6 nitrogen and oxygen atoms in total. The van der Waals surface area contributed by atoms with E-state index < -0.39 is 0 Å². The van der Waals surface area contributed by atoms with Crippen molar-refractivity contribution in [1.29, 1.82) is 0 Å². The molecular formula is C18H37IO6. The molecule has 1 saturated heterocycles. The molecule has 25 heavy (non-hydrogen) atoms. The van der Waals surface area contributed by atoms with Crippen molar-refractivity contribution in [1.82, 2.24) is 0 Å². The summed E-state index contributed by atoms with van der Waals surface area (Å²) in [7, 11) is 1.18. The highest BCUT2D eigenvalue weighted by molar-refractivity contribution is 14.1. The van der Waals surface area contributed by atoms with Gasteiger partial charge in [-0.2, -0.15) is 3.22 Å². The molecule has 7 heteroatoms. The first-order valence-corrected chi connectivity index (χ1v) is 10.5. The number of rotatable bonds is 9. The van der Waals surface area contributed by atoms with Gasteiger partial charge in [0.15, 0.2) is 28.8 Å². The Labute approximate surface area is 167 Å². The highest BCUT2D eigenvalue weighted by Gasteiger charge is 2.38. The Kier molecular flexibility index (Phi) is 17.0. The molecule has 2 atom stereocenters. The molecule has 1 N–H and O–H groups in total. The SMILES string of the molecule is CC.CCCCCC1(CCC2CCCC2OOI)OCCO1.COO. The summed E-state index contributed by atoms with van der Waals surface area (Å²) in [5, 5.41) is 7.07. The molecule has 1 aliphatic heterocycles. The zero-order chi connectivity index (χ0) is 19.0. The van der Waals surface area contributed by atoms with Crippen molar-refractivity contribution in [3.63, 3.8) is 0 Å². The molecule has 0 bridgehead atoms. The molecule has 2 unspecified atom stereocenters. The van der Waals surface area contributed by atoms with E-state index in [0.29, 0.717) is 5.92 Å². The van der Waals surface area contributed by atoms with Crippen LogP contribution in [0.3, 0.4) is 0 Å². The van der Waals surface area contributed by atoms with Crippen molar-refractivity contribution in [3.8, 4) is 0 Å². The van der Waals surface area contributed by atoms with E-state index in [2.05, 4.69) is 11.8 Å². The van der Waals surface area contributed by atoms with E-state index in [4.69, 9.17) is 22.8 Å². The Balaban J connectivity index is 0.00000104. The van der Waals surface area contributed by atoms with Crippen LogP contribution in [0.5, 0.6) is 0 Å². The van der Waals surface area contributed by atoms with Crippen LogP contribution in [-0.4, -0.2) is 37.5 Å². The van der Waals surface area contributed by atoms with Gasteiger partial charge >= 0.3 is 0 Å².